The molecule has 0 radical (unpaired) electrons. The predicted molar refractivity (Wildman–Crippen MR) is 58.8 cm³/mol. The van der Waals surface area contributed by atoms with Crippen molar-refractivity contribution in [2.24, 2.45) is 5.92 Å². The van der Waals surface area contributed by atoms with E-state index in [0.29, 0.717) is 6.54 Å². The van der Waals surface area contributed by atoms with Crippen molar-refractivity contribution in [1.29, 1.82) is 0 Å². The van der Waals surface area contributed by atoms with E-state index in [1.54, 1.807) is 0 Å². The minimum absolute atomic E-state index is 0.419. The van der Waals surface area contributed by atoms with E-state index < -0.39 is 39.1 Å². The fourth-order valence-electron chi connectivity index (χ4n) is 1.03. The first-order valence-corrected chi connectivity index (χ1v) is 6.80. The third-order valence-corrected chi connectivity index (χ3v) is 3.56. The second-order valence-electron chi connectivity index (χ2n) is 3.64. The van der Waals surface area contributed by atoms with Crippen LogP contribution in [0.5, 0.6) is 0 Å². The smallest absolute Gasteiger partial charge is 0.307 e. The van der Waals surface area contributed by atoms with Gasteiger partial charge in [0.1, 0.15) is 5.75 Å². The number of nitrogens with one attached hydrogen (secondary N) is 1. The van der Waals surface area contributed by atoms with Crippen LogP contribution in [0.25, 0.3) is 0 Å². The van der Waals surface area contributed by atoms with E-state index in [2.05, 4.69) is 5.32 Å². The van der Waals surface area contributed by atoms with Gasteiger partial charge in [0.05, 0.1) is 11.7 Å². The monoisotopic (exact) mass is 251 g/mol. The highest BCUT2D eigenvalue weighted by atomic mass is 32.2. The standard InChI is InChI=1S/C9H17NO5S/c1-3-4-10-8(11)6-16(14,15)5-7(2)9(12)13/h7H,3-6H2,1-2H3,(H,10,11)(H,12,13). The molecule has 16 heavy (non-hydrogen) atoms. The molecule has 0 aromatic carbocycles. The second-order valence-corrected chi connectivity index (χ2v) is 5.75. The van der Waals surface area contributed by atoms with E-state index in [0.717, 1.165) is 6.42 Å². The number of hydrogen-bond donors (Lipinski definition) is 2. The lowest BCUT2D eigenvalue weighted by molar-refractivity contribution is -0.140. The van der Waals surface area contributed by atoms with Crippen LogP contribution in [0.4, 0.5) is 0 Å². The zero-order valence-electron chi connectivity index (χ0n) is 9.39. The molecule has 0 aromatic rings. The second kappa shape index (κ2) is 6.47. The van der Waals surface area contributed by atoms with Crippen molar-refractivity contribution in [1.82, 2.24) is 5.32 Å². The number of rotatable bonds is 7. The van der Waals surface area contributed by atoms with Gasteiger partial charge in [-0.3, -0.25) is 9.59 Å². The van der Waals surface area contributed by atoms with E-state index in [1.807, 2.05) is 6.92 Å². The van der Waals surface area contributed by atoms with Gasteiger partial charge in [0.2, 0.25) is 5.91 Å². The molecule has 1 unspecified atom stereocenters. The predicted octanol–water partition coefficient (Wildman–Crippen LogP) is -0.352. The Morgan fingerprint density at radius 3 is 2.38 bits per heavy atom. The normalized spacial score (nSPS) is 13.1. The molecule has 0 aliphatic rings. The van der Waals surface area contributed by atoms with Gasteiger partial charge in [-0.1, -0.05) is 13.8 Å². The zero-order valence-corrected chi connectivity index (χ0v) is 10.2. The Bertz CT molecular complexity index is 349. The number of hydrogen-bond acceptors (Lipinski definition) is 4. The lowest BCUT2D eigenvalue weighted by Crippen LogP contribution is -2.33. The third-order valence-electron chi connectivity index (χ3n) is 1.85. The van der Waals surface area contributed by atoms with Crippen LogP contribution in [-0.4, -0.2) is 43.5 Å². The van der Waals surface area contributed by atoms with E-state index in [4.69, 9.17) is 5.11 Å². The van der Waals surface area contributed by atoms with E-state index in [-0.39, 0.29) is 0 Å². The topological polar surface area (TPSA) is 101 Å². The molecule has 0 aromatic heterocycles. The molecule has 0 spiro atoms. The first-order chi connectivity index (χ1) is 7.28. The van der Waals surface area contributed by atoms with Gasteiger partial charge in [-0.25, -0.2) is 8.42 Å². The molecule has 0 fully saturated rings. The zero-order chi connectivity index (χ0) is 12.8. The Balaban J connectivity index is 4.25. The fourth-order valence-corrected chi connectivity index (χ4v) is 2.55. The average Bonchev–Trinajstić information content (AvgIpc) is 2.12. The maximum absolute atomic E-state index is 11.4. The van der Waals surface area contributed by atoms with Crippen LogP contribution in [-0.2, 0) is 19.4 Å². The van der Waals surface area contributed by atoms with Crippen LogP contribution in [0.3, 0.4) is 0 Å². The van der Waals surface area contributed by atoms with E-state index in [1.165, 1.54) is 6.92 Å². The van der Waals surface area contributed by atoms with Crippen LogP contribution < -0.4 is 5.32 Å². The lowest BCUT2D eigenvalue weighted by Gasteiger charge is -2.07. The van der Waals surface area contributed by atoms with Crippen LogP contribution in [0.2, 0.25) is 0 Å². The maximum Gasteiger partial charge on any atom is 0.307 e. The quantitative estimate of drug-likeness (QED) is 0.644. The molecule has 6 nitrogen and oxygen atoms in total. The van der Waals surface area contributed by atoms with Gasteiger partial charge < -0.3 is 10.4 Å². The summed E-state index contributed by atoms with van der Waals surface area (Å²) in [7, 11) is -3.65. The first-order valence-electron chi connectivity index (χ1n) is 4.98. The molecule has 0 rings (SSSR count). The summed E-state index contributed by atoms with van der Waals surface area (Å²) in [5, 5.41) is 11.0. The van der Waals surface area contributed by atoms with Crippen LogP contribution in [0.15, 0.2) is 0 Å². The van der Waals surface area contributed by atoms with E-state index in [9.17, 15) is 18.0 Å². The summed E-state index contributed by atoms with van der Waals surface area (Å²) in [6.45, 7) is 3.56. The average molecular weight is 251 g/mol. The molecule has 0 aliphatic carbocycles. The molecule has 0 saturated carbocycles. The summed E-state index contributed by atoms with van der Waals surface area (Å²) >= 11 is 0. The Morgan fingerprint density at radius 2 is 1.94 bits per heavy atom. The summed E-state index contributed by atoms with van der Waals surface area (Å²) in [6, 6.07) is 0. The number of carboxylic acid groups (broad SMARTS) is 1. The van der Waals surface area contributed by atoms with Crippen molar-refractivity contribution < 1.29 is 23.1 Å². The van der Waals surface area contributed by atoms with Gasteiger partial charge in [0.25, 0.3) is 0 Å². The fraction of sp³-hybridized carbons (Fsp3) is 0.778. The van der Waals surface area contributed by atoms with Crippen molar-refractivity contribution in [3.63, 3.8) is 0 Å². The molecule has 0 bridgehead atoms. The number of amides is 1. The summed E-state index contributed by atoms with van der Waals surface area (Å²) < 4.78 is 22.8. The summed E-state index contributed by atoms with van der Waals surface area (Å²) in [4.78, 5) is 21.6. The minimum atomic E-state index is -3.65. The highest BCUT2D eigenvalue weighted by Crippen LogP contribution is 2.02. The SMILES string of the molecule is CCCNC(=O)CS(=O)(=O)CC(C)C(=O)O. The molecule has 1 amide bonds. The van der Waals surface area contributed by atoms with Gasteiger partial charge in [0.15, 0.2) is 9.84 Å². The molecule has 0 heterocycles. The van der Waals surface area contributed by atoms with Crippen LogP contribution >= 0.6 is 0 Å². The van der Waals surface area contributed by atoms with E-state index >= 15 is 0 Å². The molecule has 2 N–H and O–H groups in total. The lowest BCUT2D eigenvalue weighted by atomic mass is 10.2. The van der Waals surface area contributed by atoms with Crippen LogP contribution in [0, 0.1) is 5.92 Å². The number of sulfone groups is 1. The number of carboxylic acids is 1. The highest BCUT2D eigenvalue weighted by molar-refractivity contribution is 7.92. The number of carbonyl (C=O) groups excluding carboxylic acids is 1. The molecule has 7 heteroatoms. The number of aliphatic carboxylic acids is 1. The minimum Gasteiger partial charge on any atom is -0.481 e. The van der Waals surface area contributed by atoms with Crippen molar-refractivity contribution in [3.05, 3.63) is 0 Å². The van der Waals surface area contributed by atoms with Crippen LogP contribution in [0.1, 0.15) is 20.3 Å². The Labute approximate surface area is 95.0 Å². The summed E-state index contributed by atoms with van der Waals surface area (Å²) in [5.41, 5.74) is 0. The van der Waals surface area contributed by atoms with Crippen molar-refractivity contribution in [2.75, 3.05) is 18.1 Å². The van der Waals surface area contributed by atoms with Crippen molar-refractivity contribution in [2.45, 2.75) is 20.3 Å². The van der Waals surface area contributed by atoms with Gasteiger partial charge in [0, 0.05) is 6.54 Å². The molecule has 0 aliphatic heterocycles. The summed E-state index contributed by atoms with van der Waals surface area (Å²) in [6.07, 6.45) is 0.720. The van der Waals surface area contributed by atoms with Gasteiger partial charge in [-0.15, -0.1) is 0 Å². The Morgan fingerprint density at radius 1 is 1.38 bits per heavy atom. The van der Waals surface area contributed by atoms with Crippen molar-refractivity contribution >= 4 is 21.7 Å². The molecule has 94 valence electrons. The Kier molecular flexibility index (Phi) is 6.02. The molecular weight excluding hydrogens is 234 g/mol. The molecule has 1 atom stereocenters. The van der Waals surface area contributed by atoms with Gasteiger partial charge in [-0.2, -0.15) is 0 Å². The van der Waals surface area contributed by atoms with Gasteiger partial charge in [-0.05, 0) is 6.42 Å². The largest absolute Gasteiger partial charge is 0.481 e. The summed E-state index contributed by atoms with van der Waals surface area (Å²) in [5.74, 6) is -3.92. The first kappa shape index (κ1) is 14.9. The van der Waals surface area contributed by atoms with Crippen molar-refractivity contribution in [3.8, 4) is 0 Å². The molecular formula is C9H17NO5S. The third kappa shape index (κ3) is 6.39. The van der Waals surface area contributed by atoms with Gasteiger partial charge >= 0.3 is 5.97 Å². The Hall–Kier alpha value is -1.11. The highest BCUT2D eigenvalue weighted by Gasteiger charge is 2.23. The molecule has 0 saturated heterocycles. The number of carbonyl (C=O) groups is 2. The maximum atomic E-state index is 11.4.